The second-order valence-corrected chi connectivity index (χ2v) is 7.97. The number of carbonyl (C=O) groups excluding carboxylic acids is 1. The average molecular weight is 448 g/mol. The summed E-state index contributed by atoms with van der Waals surface area (Å²) in [6.07, 6.45) is 0.881. The molecule has 0 saturated carbocycles. The van der Waals surface area contributed by atoms with E-state index in [-0.39, 0.29) is 18.3 Å². The van der Waals surface area contributed by atoms with Crippen molar-refractivity contribution in [3.8, 4) is 5.75 Å². The minimum Gasteiger partial charge on any atom is -0.497 e. The lowest BCUT2D eigenvalue weighted by Gasteiger charge is -2.27. The summed E-state index contributed by atoms with van der Waals surface area (Å²) in [7, 11) is 1.61. The number of ether oxygens (including phenoxy) is 2. The molecule has 1 saturated heterocycles. The van der Waals surface area contributed by atoms with Gasteiger partial charge in [0.25, 0.3) is 5.91 Å². The molecule has 0 bridgehead atoms. The summed E-state index contributed by atoms with van der Waals surface area (Å²) >= 11 is 1.55. The van der Waals surface area contributed by atoms with Crippen molar-refractivity contribution < 1.29 is 14.3 Å². The molecule has 6 nitrogen and oxygen atoms in total. The Labute approximate surface area is 186 Å². The van der Waals surface area contributed by atoms with Gasteiger partial charge in [-0.25, -0.2) is 4.98 Å². The summed E-state index contributed by atoms with van der Waals surface area (Å²) in [6, 6.07) is 15.3. The first-order chi connectivity index (χ1) is 14.2. The van der Waals surface area contributed by atoms with E-state index in [2.05, 4.69) is 4.90 Å². The van der Waals surface area contributed by atoms with Crippen LogP contribution in [0.5, 0.6) is 5.75 Å². The Morgan fingerprint density at radius 1 is 1.20 bits per heavy atom. The molecule has 1 fully saturated rings. The van der Waals surface area contributed by atoms with Gasteiger partial charge in [-0.15, -0.1) is 12.4 Å². The zero-order chi connectivity index (χ0) is 20.1. The van der Waals surface area contributed by atoms with E-state index in [9.17, 15) is 4.79 Å². The van der Waals surface area contributed by atoms with Crippen LogP contribution in [0.3, 0.4) is 0 Å². The first-order valence-electron chi connectivity index (χ1n) is 9.86. The number of methoxy groups -OCH3 is 1. The number of hydrogen-bond donors (Lipinski definition) is 0. The number of hydrogen-bond acceptors (Lipinski definition) is 6. The van der Waals surface area contributed by atoms with Gasteiger partial charge >= 0.3 is 0 Å². The number of benzene rings is 2. The zero-order valence-corrected chi connectivity index (χ0v) is 18.6. The van der Waals surface area contributed by atoms with E-state index in [4.69, 9.17) is 14.5 Å². The molecule has 8 heteroatoms. The van der Waals surface area contributed by atoms with E-state index in [0.717, 1.165) is 54.6 Å². The third kappa shape index (κ3) is 5.29. The predicted molar refractivity (Wildman–Crippen MR) is 123 cm³/mol. The number of fused-ring (bicyclic) bond motifs is 1. The van der Waals surface area contributed by atoms with Gasteiger partial charge in [-0.1, -0.05) is 29.5 Å². The zero-order valence-electron chi connectivity index (χ0n) is 17.0. The number of thiazole rings is 1. The second-order valence-electron chi connectivity index (χ2n) is 6.96. The maximum Gasteiger partial charge on any atom is 0.260 e. The van der Waals surface area contributed by atoms with Crippen LogP contribution >= 0.6 is 23.7 Å². The highest BCUT2D eigenvalue weighted by molar-refractivity contribution is 7.22. The Morgan fingerprint density at radius 3 is 2.77 bits per heavy atom. The largest absolute Gasteiger partial charge is 0.497 e. The lowest BCUT2D eigenvalue weighted by atomic mass is 10.2. The molecule has 3 aromatic rings. The summed E-state index contributed by atoms with van der Waals surface area (Å²) in [5.41, 5.74) is 1.53. The molecular weight excluding hydrogens is 422 g/mol. The molecule has 1 aromatic heterocycles. The van der Waals surface area contributed by atoms with Gasteiger partial charge < -0.3 is 9.47 Å². The molecule has 1 aliphatic rings. The Morgan fingerprint density at radius 2 is 2.00 bits per heavy atom. The summed E-state index contributed by atoms with van der Waals surface area (Å²) in [4.78, 5) is 22.3. The molecule has 2 aromatic carbocycles. The monoisotopic (exact) mass is 447 g/mol. The maximum absolute atomic E-state index is 13.4. The van der Waals surface area contributed by atoms with Crippen LogP contribution in [0.1, 0.15) is 16.8 Å². The summed E-state index contributed by atoms with van der Waals surface area (Å²) in [6.45, 7) is 5.02. The molecule has 1 aliphatic heterocycles. The predicted octanol–water partition coefficient (Wildman–Crippen LogP) is 4.10. The number of amides is 1. The first kappa shape index (κ1) is 22.5. The molecule has 0 aliphatic carbocycles. The third-order valence-electron chi connectivity index (χ3n) is 5.04. The van der Waals surface area contributed by atoms with Crippen LogP contribution in [0.15, 0.2) is 48.5 Å². The Hall–Kier alpha value is -2.19. The highest BCUT2D eigenvalue weighted by Crippen LogP contribution is 2.30. The smallest absolute Gasteiger partial charge is 0.260 e. The standard InChI is InChI=1S/C22H25N3O3S.ClH/c1-27-18-7-4-6-17(16-18)21(26)25(11-5-10-24-12-14-28-15-13-24)22-23-19-8-2-3-9-20(19)29-22;/h2-4,6-9,16H,5,10-15H2,1H3;1H. The number of morpholine rings is 1. The number of rotatable bonds is 7. The van der Waals surface area contributed by atoms with Gasteiger partial charge in [-0.3, -0.25) is 14.6 Å². The van der Waals surface area contributed by atoms with Gasteiger partial charge in [-0.05, 0) is 36.8 Å². The van der Waals surface area contributed by atoms with Crippen molar-refractivity contribution in [3.63, 3.8) is 0 Å². The fraction of sp³-hybridized carbons (Fsp3) is 0.364. The Bertz CT molecular complexity index is 942. The van der Waals surface area contributed by atoms with Crippen LogP contribution in [0, 0.1) is 0 Å². The first-order valence-corrected chi connectivity index (χ1v) is 10.7. The van der Waals surface area contributed by atoms with Crippen LogP contribution < -0.4 is 9.64 Å². The molecule has 4 rings (SSSR count). The molecule has 30 heavy (non-hydrogen) atoms. The third-order valence-corrected chi connectivity index (χ3v) is 6.09. The highest BCUT2D eigenvalue weighted by atomic mass is 35.5. The van der Waals surface area contributed by atoms with E-state index in [1.807, 2.05) is 42.5 Å². The van der Waals surface area contributed by atoms with Crippen molar-refractivity contribution >= 4 is 45.0 Å². The van der Waals surface area contributed by atoms with Crippen molar-refractivity contribution in [1.29, 1.82) is 0 Å². The molecular formula is C22H26ClN3O3S. The normalized spacial score (nSPS) is 14.3. The number of anilines is 1. The van der Waals surface area contributed by atoms with Crippen LogP contribution in [0.2, 0.25) is 0 Å². The van der Waals surface area contributed by atoms with Crippen LogP contribution in [-0.4, -0.2) is 62.3 Å². The van der Waals surface area contributed by atoms with E-state index < -0.39 is 0 Å². The average Bonchev–Trinajstić information content (AvgIpc) is 3.21. The van der Waals surface area contributed by atoms with Crippen molar-refractivity contribution in [2.24, 2.45) is 0 Å². The van der Waals surface area contributed by atoms with E-state index in [1.165, 1.54) is 0 Å². The number of halogens is 1. The lowest BCUT2D eigenvalue weighted by molar-refractivity contribution is 0.0376. The number of para-hydroxylation sites is 1. The molecule has 0 spiro atoms. The summed E-state index contributed by atoms with van der Waals surface area (Å²) < 4.78 is 11.8. The van der Waals surface area contributed by atoms with Crippen LogP contribution in [-0.2, 0) is 4.74 Å². The molecule has 0 radical (unpaired) electrons. The molecule has 1 amide bonds. The number of carbonyl (C=O) groups is 1. The van der Waals surface area contributed by atoms with Gasteiger partial charge in [0.15, 0.2) is 5.13 Å². The van der Waals surface area contributed by atoms with Gasteiger partial charge in [-0.2, -0.15) is 0 Å². The van der Waals surface area contributed by atoms with Gasteiger partial charge in [0.1, 0.15) is 5.75 Å². The van der Waals surface area contributed by atoms with Gasteiger partial charge in [0, 0.05) is 31.7 Å². The van der Waals surface area contributed by atoms with E-state index >= 15 is 0 Å². The quantitative estimate of drug-likeness (QED) is 0.546. The molecule has 0 atom stereocenters. The minimum atomic E-state index is -0.0510. The van der Waals surface area contributed by atoms with E-state index in [1.54, 1.807) is 29.4 Å². The Kier molecular flexibility index (Phi) is 8.04. The Balaban J connectivity index is 0.00000256. The SMILES string of the molecule is COc1cccc(C(=O)N(CCCN2CCOCC2)c2nc3ccccc3s2)c1.Cl. The van der Waals surface area contributed by atoms with E-state index in [0.29, 0.717) is 17.9 Å². The fourth-order valence-corrected chi connectivity index (χ4v) is 4.44. The van der Waals surface area contributed by atoms with Crippen molar-refractivity contribution in [1.82, 2.24) is 9.88 Å². The van der Waals surface area contributed by atoms with Crippen LogP contribution in [0.25, 0.3) is 10.2 Å². The van der Waals surface area contributed by atoms with Crippen molar-refractivity contribution in [2.75, 3.05) is 51.4 Å². The fourth-order valence-electron chi connectivity index (χ4n) is 3.45. The molecule has 0 unspecified atom stereocenters. The van der Waals surface area contributed by atoms with Gasteiger partial charge in [0.2, 0.25) is 0 Å². The second kappa shape index (κ2) is 10.7. The molecule has 2 heterocycles. The number of nitrogens with zero attached hydrogens (tertiary/aromatic N) is 3. The van der Waals surface area contributed by atoms with Gasteiger partial charge in [0.05, 0.1) is 30.5 Å². The maximum atomic E-state index is 13.4. The van der Waals surface area contributed by atoms with Crippen LogP contribution in [0.4, 0.5) is 5.13 Å². The lowest BCUT2D eigenvalue weighted by Crippen LogP contribution is -2.39. The molecule has 160 valence electrons. The number of aromatic nitrogens is 1. The minimum absolute atomic E-state index is 0. The topological polar surface area (TPSA) is 54.9 Å². The summed E-state index contributed by atoms with van der Waals surface area (Å²) in [5.74, 6) is 0.623. The van der Waals surface area contributed by atoms with Crippen molar-refractivity contribution in [3.05, 3.63) is 54.1 Å². The molecule has 0 N–H and O–H groups in total. The highest BCUT2D eigenvalue weighted by Gasteiger charge is 2.22. The summed E-state index contributed by atoms with van der Waals surface area (Å²) in [5, 5.41) is 0.737. The van der Waals surface area contributed by atoms with Crippen molar-refractivity contribution in [2.45, 2.75) is 6.42 Å².